The van der Waals surface area contributed by atoms with E-state index in [2.05, 4.69) is 0 Å². The molecule has 0 spiro atoms. The lowest BCUT2D eigenvalue weighted by atomic mass is 9.88. The standard InChI is InChI=1S/C17H24F2N2O4/c1-17(25,16(21)24)5-4-11(15(20)23)8-14(22)3-2-10-6-12(18)9-13(19)7-10/h6-7,9,11,14,22,25H,2-5,8H2,1H3,(H2,20,23)(H2,21,24)/t11-,14+,17?/m1/s1. The molecule has 0 heterocycles. The van der Waals surface area contributed by atoms with Crippen LogP contribution in [-0.2, 0) is 16.0 Å². The maximum Gasteiger partial charge on any atom is 0.249 e. The SMILES string of the molecule is CC(O)(CC[C@H](C[C@@H](O)CCc1cc(F)cc(F)c1)C(N)=O)C(N)=O. The monoisotopic (exact) mass is 358 g/mol. The third kappa shape index (κ3) is 7.15. The summed E-state index contributed by atoms with van der Waals surface area (Å²) in [6.07, 6.45) is -0.502. The molecule has 0 aromatic heterocycles. The zero-order chi connectivity index (χ0) is 19.2. The molecule has 0 radical (unpaired) electrons. The van der Waals surface area contributed by atoms with Gasteiger partial charge >= 0.3 is 0 Å². The van der Waals surface area contributed by atoms with Crippen LogP contribution in [0.1, 0.15) is 38.2 Å². The Labute approximate surface area is 144 Å². The third-order valence-corrected chi connectivity index (χ3v) is 4.16. The Morgan fingerprint density at radius 3 is 2.20 bits per heavy atom. The first-order valence-corrected chi connectivity index (χ1v) is 7.96. The molecule has 6 nitrogen and oxygen atoms in total. The number of halogens is 2. The number of aryl methyl sites for hydroxylation is 1. The molecule has 0 bridgehead atoms. The fraction of sp³-hybridized carbons (Fsp3) is 0.529. The van der Waals surface area contributed by atoms with Crippen molar-refractivity contribution in [2.75, 3.05) is 0 Å². The van der Waals surface area contributed by atoms with E-state index in [1.165, 1.54) is 19.1 Å². The van der Waals surface area contributed by atoms with Crippen molar-refractivity contribution in [2.24, 2.45) is 17.4 Å². The van der Waals surface area contributed by atoms with Crippen molar-refractivity contribution in [1.29, 1.82) is 0 Å². The molecule has 0 aliphatic carbocycles. The smallest absolute Gasteiger partial charge is 0.249 e. The van der Waals surface area contributed by atoms with E-state index in [0.29, 0.717) is 5.56 Å². The molecule has 2 amide bonds. The zero-order valence-electron chi connectivity index (χ0n) is 14.0. The second kappa shape index (κ2) is 8.87. The third-order valence-electron chi connectivity index (χ3n) is 4.16. The van der Waals surface area contributed by atoms with Crippen molar-refractivity contribution in [1.82, 2.24) is 0 Å². The summed E-state index contributed by atoms with van der Waals surface area (Å²) in [6.45, 7) is 1.24. The van der Waals surface area contributed by atoms with E-state index in [-0.39, 0.29) is 32.1 Å². The van der Waals surface area contributed by atoms with Gasteiger partial charge in [-0.25, -0.2) is 8.78 Å². The van der Waals surface area contributed by atoms with Crippen LogP contribution in [0.4, 0.5) is 8.78 Å². The van der Waals surface area contributed by atoms with Crippen LogP contribution in [0.15, 0.2) is 18.2 Å². The molecule has 0 aliphatic rings. The number of benzene rings is 1. The fourth-order valence-corrected chi connectivity index (χ4v) is 2.49. The van der Waals surface area contributed by atoms with Crippen LogP contribution in [0, 0.1) is 17.6 Å². The lowest BCUT2D eigenvalue weighted by Gasteiger charge is -2.23. The second-order valence-corrected chi connectivity index (χ2v) is 6.48. The van der Waals surface area contributed by atoms with Gasteiger partial charge < -0.3 is 21.7 Å². The highest BCUT2D eigenvalue weighted by atomic mass is 19.1. The van der Waals surface area contributed by atoms with Crippen molar-refractivity contribution >= 4 is 11.8 Å². The summed E-state index contributed by atoms with van der Waals surface area (Å²) < 4.78 is 26.2. The number of aliphatic hydroxyl groups excluding tert-OH is 1. The number of rotatable bonds is 10. The van der Waals surface area contributed by atoms with Gasteiger partial charge in [-0.15, -0.1) is 0 Å². The minimum Gasteiger partial charge on any atom is -0.393 e. The summed E-state index contributed by atoms with van der Waals surface area (Å²) in [7, 11) is 0. The number of amides is 2. The first kappa shape index (κ1) is 21.0. The lowest BCUT2D eigenvalue weighted by Crippen LogP contribution is -2.42. The number of primary amides is 2. The van der Waals surface area contributed by atoms with E-state index in [4.69, 9.17) is 11.5 Å². The summed E-state index contributed by atoms with van der Waals surface area (Å²) in [5.74, 6) is -3.74. The summed E-state index contributed by atoms with van der Waals surface area (Å²) in [6, 6.07) is 3.10. The molecule has 1 rings (SSSR count). The van der Waals surface area contributed by atoms with Crippen LogP contribution < -0.4 is 11.5 Å². The number of hydrogen-bond acceptors (Lipinski definition) is 4. The Hall–Kier alpha value is -2.06. The Morgan fingerprint density at radius 1 is 1.16 bits per heavy atom. The van der Waals surface area contributed by atoms with E-state index in [1.54, 1.807) is 0 Å². The van der Waals surface area contributed by atoms with Crippen molar-refractivity contribution in [3.05, 3.63) is 35.4 Å². The van der Waals surface area contributed by atoms with Crippen molar-refractivity contribution < 1.29 is 28.6 Å². The van der Waals surface area contributed by atoms with Crippen LogP contribution in [0.3, 0.4) is 0 Å². The maximum atomic E-state index is 13.1. The number of carbonyl (C=O) groups is 2. The maximum absolute atomic E-state index is 13.1. The topological polar surface area (TPSA) is 127 Å². The van der Waals surface area contributed by atoms with Crippen molar-refractivity contribution in [3.8, 4) is 0 Å². The van der Waals surface area contributed by atoms with Gasteiger partial charge in [-0.05, 0) is 56.7 Å². The average molecular weight is 358 g/mol. The average Bonchev–Trinajstić information content (AvgIpc) is 2.48. The molecule has 0 saturated heterocycles. The number of carbonyl (C=O) groups excluding carboxylic acids is 2. The van der Waals surface area contributed by atoms with Crippen LogP contribution in [-0.4, -0.2) is 33.7 Å². The predicted octanol–water partition coefficient (Wildman–Crippen LogP) is 0.766. The molecule has 25 heavy (non-hydrogen) atoms. The Morgan fingerprint density at radius 2 is 1.72 bits per heavy atom. The lowest BCUT2D eigenvalue weighted by molar-refractivity contribution is -0.136. The highest BCUT2D eigenvalue weighted by Gasteiger charge is 2.30. The van der Waals surface area contributed by atoms with E-state index < -0.39 is 41.1 Å². The summed E-state index contributed by atoms with van der Waals surface area (Å²) >= 11 is 0. The van der Waals surface area contributed by atoms with Gasteiger partial charge in [-0.2, -0.15) is 0 Å². The zero-order valence-corrected chi connectivity index (χ0v) is 14.0. The highest BCUT2D eigenvalue weighted by molar-refractivity contribution is 5.82. The minimum absolute atomic E-state index is 0.0158. The second-order valence-electron chi connectivity index (χ2n) is 6.48. The van der Waals surface area contributed by atoms with E-state index in [9.17, 15) is 28.6 Å². The van der Waals surface area contributed by atoms with E-state index in [0.717, 1.165) is 6.07 Å². The quantitative estimate of drug-likeness (QED) is 0.492. The number of hydrogen-bond donors (Lipinski definition) is 4. The Bertz CT molecular complexity index is 602. The van der Waals surface area contributed by atoms with Crippen molar-refractivity contribution in [3.63, 3.8) is 0 Å². The van der Waals surface area contributed by atoms with Gasteiger partial charge in [-0.1, -0.05) is 0 Å². The molecule has 1 aromatic rings. The Kier molecular flexibility index (Phi) is 7.44. The van der Waals surface area contributed by atoms with Gasteiger partial charge in [0.25, 0.3) is 0 Å². The molecule has 140 valence electrons. The predicted molar refractivity (Wildman–Crippen MR) is 87.0 cm³/mol. The molecule has 0 fully saturated rings. The number of aliphatic hydroxyl groups is 2. The van der Waals surface area contributed by atoms with Gasteiger partial charge in [0.15, 0.2) is 0 Å². The molecular weight excluding hydrogens is 334 g/mol. The van der Waals surface area contributed by atoms with Gasteiger partial charge in [0, 0.05) is 12.0 Å². The van der Waals surface area contributed by atoms with Crippen LogP contribution in [0.25, 0.3) is 0 Å². The van der Waals surface area contributed by atoms with E-state index in [1.807, 2.05) is 0 Å². The minimum atomic E-state index is -1.77. The van der Waals surface area contributed by atoms with Gasteiger partial charge in [0.2, 0.25) is 11.8 Å². The first-order valence-electron chi connectivity index (χ1n) is 7.96. The van der Waals surface area contributed by atoms with Crippen LogP contribution in [0.2, 0.25) is 0 Å². The molecule has 8 heteroatoms. The molecule has 0 saturated carbocycles. The largest absolute Gasteiger partial charge is 0.393 e. The van der Waals surface area contributed by atoms with Crippen LogP contribution in [0.5, 0.6) is 0 Å². The molecule has 6 N–H and O–H groups in total. The van der Waals surface area contributed by atoms with Crippen LogP contribution >= 0.6 is 0 Å². The Balaban J connectivity index is 2.57. The molecular formula is C17H24F2N2O4. The summed E-state index contributed by atoms with van der Waals surface area (Å²) in [5.41, 5.74) is 8.97. The molecule has 3 atom stereocenters. The summed E-state index contributed by atoms with van der Waals surface area (Å²) in [5, 5.41) is 19.9. The van der Waals surface area contributed by atoms with Gasteiger partial charge in [0.1, 0.15) is 17.2 Å². The van der Waals surface area contributed by atoms with E-state index >= 15 is 0 Å². The first-order chi connectivity index (χ1) is 11.5. The highest BCUT2D eigenvalue weighted by Crippen LogP contribution is 2.22. The molecule has 1 aromatic carbocycles. The molecule has 0 aliphatic heterocycles. The van der Waals surface area contributed by atoms with Gasteiger partial charge in [-0.3, -0.25) is 9.59 Å². The molecule has 1 unspecified atom stereocenters. The van der Waals surface area contributed by atoms with Crippen molar-refractivity contribution in [2.45, 2.75) is 50.7 Å². The van der Waals surface area contributed by atoms with Gasteiger partial charge in [0.05, 0.1) is 6.10 Å². The normalized spacial score (nSPS) is 16.0. The summed E-state index contributed by atoms with van der Waals surface area (Å²) in [4.78, 5) is 22.6. The number of nitrogens with two attached hydrogens (primary N) is 2. The fourth-order valence-electron chi connectivity index (χ4n) is 2.49.